The maximum Gasteiger partial charge on any atom is 0.240 e. The number of amides is 2. The van der Waals surface area contributed by atoms with E-state index >= 15 is 0 Å². The molecule has 0 saturated carbocycles. The number of carbonyl (C=O) groups is 3. The average Bonchev–Trinajstić information content (AvgIpc) is 3.36. The first-order valence-corrected chi connectivity index (χ1v) is 11.6. The Morgan fingerprint density at radius 3 is 2.34 bits per heavy atom. The zero-order chi connectivity index (χ0) is 24.3. The number of rotatable bonds is 4. The van der Waals surface area contributed by atoms with Gasteiger partial charge in [-0.1, -0.05) is 48.0 Å². The highest BCUT2D eigenvalue weighted by atomic mass is 35.5. The second kappa shape index (κ2) is 8.06. The zero-order valence-corrected chi connectivity index (χ0v) is 19.4. The second-order valence-corrected chi connectivity index (χ2v) is 9.16. The van der Waals surface area contributed by atoms with E-state index in [0.717, 1.165) is 16.0 Å². The number of benzene rings is 3. The Labute approximate surface area is 206 Å². The third-order valence-electron chi connectivity index (χ3n) is 7.03. The number of hydrazone groups is 1. The molecule has 2 fully saturated rings. The van der Waals surface area contributed by atoms with Gasteiger partial charge in [-0.2, -0.15) is 5.10 Å². The monoisotopic (exact) mass is 485 g/mol. The van der Waals surface area contributed by atoms with Crippen LogP contribution in [-0.2, 0) is 9.59 Å². The molecule has 2 amide bonds. The predicted molar refractivity (Wildman–Crippen MR) is 131 cm³/mol. The highest BCUT2D eigenvalue weighted by Crippen LogP contribution is 2.53. The Kier molecular flexibility index (Phi) is 4.96. The van der Waals surface area contributed by atoms with Gasteiger partial charge < -0.3 is 4.74 Å². The Balaban J connectivity index is 1.49. The molecule has 0 aromatic heterocycles. The number of ketones is 1. The summed E-state index contributed by atoms with van der Waals surface area (Å²) < 4.78 is 5.21. The third-order valence-corrected chi connectivity index (χ3v) is 7.35. The number of anilines is 1. The van der Waals surface area contributed by atoms with Crippen molar-refractivity contribution in [1.29, 1.82) is 0 Å². The Hall–Kier alpha value is -3.97. The van der Waals surface area contributed by atoms with Gasteiger partial charge in [-0.25, -0.2) is 4.90 Å². The lowest BCUT2D eigenvalue weighted by Gasteiger charge is -2.33. The molecule has 3 heterocycles. The van der Waals surface area contributed by atoms with E-state index in [4.69, 9.17) is 16.3 Å². The summed E-state index contributed by atoms with van der Waals surface area (Å²) >= 11 is 6.37. The van der Waals surface area contributed by atoms with Crippen molar-refractivity contribution in [2.75, 3.05) is 12.0 Å². The molecule has 3 aromatic rings. The number of fused-ring (bicyclic) bond motifs is 5. The molecule has 4 atom stereocenters. The molecule has 8 heteroatoms. The Morgan fingerprint density at radius 2 is 1.60 bits per heavy atom. The number of hydrogen-bond acceptors (Lipinski definition) is 6. The number of nitrogens with zero attached hydrogens (tertiary/aromatic N) is 3. The molecule has 0 aliphatic carbocycles. The maximum absolute atomic E-state index is 13.9. The van der Waals surface area contributed by atoms with Gasteiger partial charge in [0.2, 0.25) is 11.8 Å². The van der Waals surface area contributed by atoms with Crippen molar-refractivity contribution in [3.05, 3.63) is 94.5 Å². The molecule has 174 valence electrons. The van der Waals surface area contributed by atoms with Gasteiger partial charge in [-0.05, 0) is 47.5 Å². The van der Waals surface area contributed by atoms with Crippen LogP contribution in [0.1, 0.15) is 27.5 Å². The molecule has 3 aliphatic heterocycles. The molecule has 4 unspecified atom stereocenters. The molecule has 0 bridgehead atoms. The van der Waals surface area contributed by atoms with E-state index in [-0.39, 0.29) is 11.7 Å². The first-order valence-electron chi connectivity index (χ1n) is 11.2. The number of Topliss-reactive ketones (excluding diaryl/α,β-unsaturated/α-hetero) is 1. The number of methoxy groups -OCH3 is 1. The molecule has 0 N–H and O–H groups in total. The molecule has 6 rings (SSSR count). The SMILES string of the molecule is COc1ccc(C(=O)C2C3C(=O)N(c4ccccc4Cl)C(=O)C3C3c4ccccc4C=NN23)cc1. The van der Waals surface area contributed by atoms with Crippen molar-refractivity contribution in [3.8, 4) is 5.75 Å². The van der Waals surface area contributed by atoms with Crippen LogP contribution in [-0.4, -0.2) is 42.0 Å². The molecule has 3 aromatic carbocycles. The van der Waals surface area contributed by atoms with E-state index in [9.17, 15) is 14.4 Å². The van der Waals surface area contributed by atoms with Gasteiger partial charge >= 0.3 is 0 Å². The molecule has 0 spiro atoms. The predicted octanol–water partition coefficient (Wildman–Crippen LogP) is 4.11. The van der Waals surface area contributed by atoms with Gasteiger partial charge in [0.05, 0.1) is 41.9 Å². The van der Waals surface area contributed by atoms with E-state index in [1.54, 1.807) is 66.9 Å². The minimum Gasteiger partial charge on any atom is -0.497 e. The van der Waals surface area contributed by atoms with Crippen LogP contribution in [0.15, 0.2) is 77.9 Å². The van der Waals surface area contributed by atoms with Crippen molar-refractivity contribution >= 4 is 41.1 Å². The van der Waals surface area contributed by atoms with Crippen molar-refractivity contribution in [1.82, 2.24) is 5.01 Å². The van der Waals surface area contributed by atoms with Crippen LogP contribution < -0.4 is 9.64 Å². The quantitative estimate of drug-likeness (QED) is 0.410. The van der Waals surface area contributed by atoms with Crippen LogP contribution in [0.4, 0.5) is 5.69 Å². The van der Waals surface area contributed by atoms with E-state index in [0.29, 0.717) is 22.0 Å². The first-order chi connectivity index (χ1) is 17.0. The molecule has 35 heavy (non-hydrogen) atoms. The molecular formula is C27H20ClN3O4. The summed E-state index contributed by atoms with van der Waals surface area (Å²) in [4.78, 5) is 42.7. The second-order valence-electron chi connectivity index (χ2n) is 8.75. The number of carbonyl (C=O) groups excluding carboxylic acids is 3. The highest BCUT2D eigenvalue weighted by molar-refractivity contribution is 6.36. The fraction of sp³-hybridized carbons (Fsp3) is 0.185. The molecule has 7 nitrogen and oxygen atoms in total. The number of halogens is 1. The standard InChI is InChI=1S/C27H20ClN3O4/c1-35-17-12-10-15(11-13-17)25(32)24-22-21(23-18-7-3-2-6-16(18)14-29-31(23)24)26(33)30(27(22)34)20-9-5-4-8-19(20)28/h2-14,21-24H,1H3. The fourth-order valence-electron chi connectivity index (χ4n) is 5.47. The maximum atomic E-state index is 13.9. The highest BCUT2D eigenvalue weighted by Gasteiger charge is 2.65. The lowest BCUT2D eigenvalue weighted by Crippen LogP contribution is -2.44. The van der Waals surface area contributed by atoms with Crippen molar-refractivity contribution < 1.29 is 19.1 Å². The minimum absolute atomic E-state index is 0.274. The summed E-state index contributed by atoms with van der Waals surface area (Å²) in [6, 6.07) is 19.6. The summed E-state index contributed by atoms with van der Waals surface area (Å²) in [5.41, 5.74) is 2.47. The number of ether oxygens (including phenoxy) is 1. The van der Waals surface area contributed by atoms with Crippen LogP contribution in [0.5, 0.6) is 5.75 Å². The zero-order valence-electron chi connectivity index (χ0n) is 18.7. The van der Waals surface area contributed by atoms with Crippen molar-refractivity contribution in [2.24, 2.45) is 16.9 Å². The number of para-hydroxylation sites is 1. The van der Waals surface area contributed by atoms with E-state index < -0.39 is 29.8 Å². The van der Waals surface area contributed by atoms with Gasteiger partial charge in [0.15, 0.2) is 5.78 Å². The number of hydrogen-bond donors (Lipinski definition) is 0. The van der Waals surface area contributed by atoms with Gasteiger partial charge in [0.1, 0.15) is 11.8 Å². The van der Waals surface area contributed by atoms with Crippen LogP contribution in [0.2, 0.25) is 5.02 Å². The Morgan fingerprint density at radius 1 is 0.914 bits per heavy atom. The van der Waals surface area contributed by atoms with Crippen LogP contribution in [0, 0.1) is 11.8 Å². The van der Waals surface area contributed by atoms with Gasteiger partial charge in [-0.3, -0.25) is 19.4 Å². The summed E-state index contributed by atoms with van der Waals surface area (Å²) in [6.07, 6.45) is 1.68. The first kappa shape index (κ1) is 21.6. The topological polar surface area (TPSA) is 79.3 Å². The molecule has 0 radical (unpaired) electrons. The summed E-state index contributed by atoms with van der Waals surface area (Å²) in [5, 5.41) is 6.52. The van der Waals surface area contributed by atoms with E-state index in [2.05, 4.69) is 5.10 Å². The average molecular weight is 486 g/mol. The minimum atomic E-state index is -0.938. The van der Waals surface area contributed by atoms with E-state index in [1.165, 1.54) is 0 Å². The van der Waals surface area contributed by atoms with E-state index in [1.807, 2.05) is 24.3 Å². The van der Waals surface area contributed by atoms with Gasteiger partial charge in [0.25, 0.3) is 0 Å². The molecular weight excluding hydrogens is 466 g/mol. The van der Waals surface area contributed by atoms with Gasteiger partial charge in [-0.15, -0.1) is 0 Å². The van der Waals surface area contributed by atoms with Crippen LogP contribution >= 0.6 is 11.6 Å². The smallest absolute Gasteiger partial charge is 0.240 e. The molecule has 2 saturated heterocycles. The normalized spacial score (nSPS) is 24.3. The largest absolute Gasteiger partial charge is 0.497 e. The Bertz CT molecular complexity index is 1400. The summed E-state index contributed by atoms with van der Waals surface area (Å²) in [5.74, 6) is -2.15. The lowest BCUT2D eigenvalue weighted by atomic mass is 9.83. The summed E-state index contributed by atoms with van der Waals surface area (Å²) in [6.45, 7) is 0. The molecule has 3 aliphatic rings. The summed E-state index contributed by atoms with van der Waals surface area (Å²) in [7, 11) is 1.55. The van der Waals surface area contributed by atoms with Crippen LogP contribution in [0.3, 0.4) is 0 Å². The van der Waals surface area contributed by atoms with Crippen molar-refractivity contribution in [2.45, 2.75) is 12.1 Å². The van der Waals surface area contributed by atoms with Crippen LogP contribution in [0.25, 0.3) is 0 Å². The van der Waals surface area contributed by atoms with Gasteiger partial charge in [0, 0.05) is 5.56 Å². The lowest BCUT2D eigenvalue weighted by molar-refractivity contribution is -0.124. The third kappa shape index (κ3) is 3.12. The fourth-order valence-corrected chi connectivity index (χ4v) is 5.69. The van der Waals surface area contributed by atoms with Crippen molar-refractivity contribution in [3.63, 3.8) is 0 Å². The number of imide groups is 1.